The Morgan fingerprint density at radius 1 is 1.06 bits per heavy atom. The highest BCUT2D eigenvalue weighted by Crippen LogP contribution is 2.26. The number of benzene rings is 2. The second-order valence-electron chi connectivity index (χ2n) is 7.48. The van der Waals surface area contributed by atoms with Crippen molar-refractivity contribution >= 4 is 6.08 Å². The average Bonchev–Trinajstić information content (AvgIpc) is 2.78. The van der Waals surface area contributed by atoms with Gasteiger partial charge in [0, 0.05) is 17.3 Å². The van der Waals surface area contributed by atoms with E-state index in [1.54, 1.807) is 24.4 Å². The third kappa shape index (κ3) is 6.63. The molecule has 1 atom stereocenters. The fourth-order valence-corrected chi connectivity index (χ4v) is 3.20. The summed E-state index contributed by atoms with van der Waals surface area (Å²) in [6, 6.07) is 17.0. The van der Waals surface area contributed by atoms with Gasteiger partial charge < -0.3 is 9.84 Å². The van der Waals surface area contributed by atoms with Gasteiger partial charge in [-0.05, 0) is 61.6 Å². The van der Waals surface area contributed by atoms with Crippen molar-refractivity contribution in [1.29, 1.82) is 0 Å². The summed E-state index contributed by atoms with van der Waals surface area (Å²) in [6.45, 7) is 5.65. The van der Waals surface area contributed by atoms with Gasteiger partial charge in [-0.1, -0.05) is 55.1 Å². The van der Waals surface area contributed by atoms with Gasteiger partial charge in [0.25, 0.3) is 0 Å². The highest BCUT2D eigenvalue weighted by molar-refractivity contribution is 5.68. The van der Waals surface area contributed by atoms with Crippen molar-refractivity contribution in [2.24, 2.45) is 0 Å². The van der Waals surface area contributed by atoms with E-state index in [1.165, 1.54) is 6.07 Å². The second-order valence-corrected chi connectivity index (χ2v) is 7.48. The fraction of sp³-hybridized carbons (Fsp3) is 0.222. The van der Waals surface area contributed by atoms with Crippen LogP contribution in [-0.4, -0.2) is 22.8 Å². The summed E-state index contributed by atoms with van der Waals surface area (Å²) in [4.78, 5) is 4.51. The molecule has 0 radical (unpaired) electrons. The molecule has 1 heterocycles. The summed E-state index contributed by atoms with van der Waals surface area (Å²) in [6.07, 6.45) is 10.2. The van der Waals surface area contributed by atoms with Crippen LogP contribution in [0.1, 0.15) is 31.7 Å². The molecule has 1 N–H and O–H groups in total. The molecule has 0 aliphatic carbocycles. The van der Waals surface area contributed by atoms with E-state index in [1.807, 2.05) is 19.1 Å². The molecule has 31 heavy (non-hydrogen) atoms. The van der Waals surface area contributed by atoms with Crippen LogP contribution >= 0.6 is 0 Å². The number of hydrogen-bond donors (Lipinski definition) is 1. The quantitative estimate of drug-likeness (QED) is 0.295. The molecule has 3 nitrogen and oxygen atoms in total. The normalized spacial score (nSPS) is 12.1. The minimum atomic E-state index is -0.417. The number of halogens is 1. The van der Waals surface area contributed by atoms with Gasteiger partial charge in [-0.2, -0.15) is 0 Å². The topological polar surface area (TPSA) is 42.4 Å². The Bertz CT molecular complexity index is 1010. The van der Waals surface area contributed by atoms with Gasteiger partial charge in [0.2, 0.25) is 0 Å². The molecule has 1 unspecified atom stereocenters. The van der Waals surface area contributed by atoms with Crippen molar-refractivity contribution in [3.8, 4) is 28.1 Å². The number of unbranched alkanes of at least 4 members (excludes halogenated alkanes) is 1. The number of aliphatic hydroxyl groups excluding tert-OH is 1. The molecule has 0 fully saturated rings. The number of pyridine rings is 1. The molecule has 0 saturated heterocycles. The number of nitrogens with zero attached hydrogens (tertiary/aromatic N) is 1. The maximum Gasteiger partial charge on any atom is 0.165 e. The van der Waals surface area contributed by atoms with E-state index in [4.69, 9.17) is 4.74 Å². The summed E-state index contributed by atoms with van der Waals surface area (Å²) in [7, 11) is 0. The molecule has 4 heteroatoms. The van der Waals surface area contributed by atoms with Gasteiger partial charge in [-0.15, -0.1) is 0 Å². The lowest BCUT2D eigenvalue weighted by Gasteiger charge is -2.08. The van der Waals surface area contributed by atoms with E-state index >= 15 is 0 Å². The molecule has 3 aromatic rings. The lowest BCUT2D eigenvalue weighted by Crippen LogP contribution is -1.97. The van der Waals surface area contributed by atoms with E-state index in [-0.39, 0.29) is 18.5 Å². The van der Waals surface area contributed by atoms with Crippen molar-refractivity contribution in [3.05, 3.63) is 90.9 Å². The predicted molar refractivity (Wildman–Crippen MR) is 125 cm³/mol. The third-order valence-corrected chi connectivity index (χ3v) is 4.89. The van der Waals surface area contributed by atoms with Crippen molar-refractivity contribution in [2.45, 2.75) is 32.3 Å². The Morgan fingerprint density at radius 3 is 2.45 bits per heavy atom. The molecule has 0 aliphatic heterocycles. The number of ether oxygens (including phenoxy) is 1. The first-order valence-electron chi connectivity index (χ1n) is 10.5. The third-order valence-electron chi connectivity index (χ3n) is 4.89. The lowest BCUT2D eigenvalue weighted by atomic mass is 10.0. The van der Waals surface area contributed by atoms with Gasteiger partial charge in [-0.3, -0.25) is 4.98 Å². The van der Waals surface area contributed by atoms with Gasteiger partial charge in [0.15, 0.2) is 11.6 Å². The molecular weight excluding hydrogens is 389 g/mol. The van der Waals surface area contributed by atoms with Crippen LogP contribution < -0.4 is 4.74 Å². The molecule has 2 aromatic carbocycles. The average molecular weight is 418 g/mol. The number of aliphatic hydroxyl groups is 1. The van der Waals surface area contributed by atoms with E-state index < -0.39 is 5.82 Å². The molecule has 160 valence electrons. The fourth-order valence-electron chi connectivity index (χ4n) is 3.20. The number of allylic oxidation sites excluding steroid dienone is 1. The first-order chi connectivity index (χ1) is 15.1. The maximum absolute atomic E-state index is 14.2. The number of hydrogen-bond acceptors (Lipinski definition) is 3. The van der Waals surface area contributed by atoms with Crippen molar-refractivity contribution in [2.75, 3.05) is 6.61 Å². The van der Waals surface area contributed by atoms with Crippen LogP contribution in [0, 0.1) is 5.82 Å². The van der Waals surface area contributed by atoms with Crippen LogP contribution in [-0.2, 0) is 0 Å². The summed E-state index contributed by atoms with van der Waals surface area (Å²) < 4.78 is 19.5. The molecule has 0 saturated carbocycles. The first-order valence-corrected chi connectivity index (χ1v) is 10.5. The Balaban J connectivity index is 1.64. The summed E-state index contributed by atoms with van der Waals surface area (Å²) in [5.41, 5.74) is 4.62. The smallest absolute Gasteiger partial charge is 0.165 e. The molecule has 3 rings (SSSR count). The molecular formula is C27H28FNO2. The molecule has 0 aliphatic rings. The Kier molecular flexibility index (Phi) is 8.13. The zero-order chi connectivity index (χ0) is 22.1. The van der Waals surface area contributed by atoms with E-state index in [0.29, 0.717) is 11.3 Å². The monoisotopic (exact) mass is 417 g/mol. The van der Waals surface area contributed by atoms with E-state index in [2.05, 4.69) is 48.0 Å². The van der Waals surface area contributed by atoms with Gasteiger partial charge in [0.05, 0.1) is 11.8 Å². The number of rotatable bonds is 10. The van der Waals surface area contributed by atoms with Crippen LogP contribution in [0.25, 0.3) is 28.5 Å². The van der Waals surface area contributed by atoms with E-state index in [0.717, 1.165) is 36.0 Å². The number of aromatic nitrogens is 1. The zero-order valence-corrected chi connectivity index (χ0v) is 17.8. The highest BCUT2D eigenvalue weighted by Gasteiger charge is 2.07. The second kappa shape index (κ2) is 11.2. The summed E-state index contributed by atoms with van der Waals surface area (Å²) >= 11 is 0. The van der Waals surface area contributed by atoms with Crippen molar-refractivity contribution in [1.82, 2.24) is 4.98 Å². The van der Waals surface area contributed by atoms with Gasteiger partial charge in [0.1, 0.15) is 6.61 Å². The van der Waals surface area contributed by atoms with Crippen LogP contribution in [0.3, 0.4) is 0 Å². The predicted octanol–water partition coefficient (Wildman–Crippen LogP) is 6.68. The molecule has 0 spiro atoms. The summed E-state index contributed by atoms with van der Waals surface area (Å²) in [5.74, 6) is -0.211. The van der Waals surface area contributed by atoms with E-state index in [9.17, 15) is 9.50 Å². The minimum Gasteiger partial charge on any atom is -0.486 e. The zero-order valence-electron chi connectivity index (χ0n) is 17.8. The van der Waals surface area contributed by atoms with Crippen LogP contribution in [0.4, 0.5) is 4.39 Å². The first kappa shape index (κ1) is 22.4. The highest BCUT2D eigenvalue weighted by atomic mass is 19.1. The maximum atomic E-state index is 14.2. The molecule has 0 amide bonds. The van der Waals surface area contributed by atoms with Crippen molar-refractivity contribution in [3.63, 3.8) is 0 Å². The largest absolute Gasteiger partial charge is 0.486 e. The SMILES string of the molecule is C=CCOc1ccc(-c2ccc(-c3ccc(C=CCCCC(C)O)cc3)cn2)cc1F. The van der Waals surface area contributed by atoms with Crippen LogP contribution in [0.2, 0.25) is 0 Å². The van der Waals surface area contributed by atoms with Crippen LogP contribution in [0.15, 0.2) is 79.5 Å². The Hall–Kier alpha value is -3.24. The molecule has 1 aromatic heterocycles. The summed E-state index contributed by atoms with van der Waals surface area (Å²) in [5, 5.41) is 9.29. The Morgan fingerprint density at radius 2 is 1.81 bits per heavy atom. The standard InChI is InChI=1S/C27H28FNO2/c1-3-17-31-27-16-14-23(18-25(27)28)26-15-13-24(19-29-26)22-11-9-21(10-12-22)8-6-4-5-7-20(2)30/h3,6,8-16,18-20,30H,1,4-5,7,17H2,2H3. The van der Waals surface area contributed by atoms with Crippen molar-refractivity contribution < 1.29 is 14.2 Å². The molecule has 0 bridgehead atoms. The minimum absolute atomic E-state index is 0.206. The Labute approximate surface area is 183 Å². The van der Waals surface area contributed by atoms with Crippen LogP contribution in [0.5, 0.6) is 5.75 Å². The van der Waals surface area contributed by atoms with Gasteiger partial charge in [-0.25, -0.2) is 4.39 Å². The van der Waals surface area contributed by atoms with Gasteiger partial charge >= 0.3 is 0 Å². The lowest BCUT2D eigenvalue weighted by molar-refractivity contribution is 0.182.